The Morgan fingerprint density at radius 2 is 1.66 bits per heavy atom. The number of hydrogen-bond donors (Lipinski definition) is 2. The number of carbonyl (C=O) groups is 4. The molecule has 9 heteroatoms. The lowest BCUT2D eigenvalue weighted by Crippen LogP contribution is -2.54. The zero-order valence-electron chi connectivity index (χ0n) is 18.2. The number of ether oxygens (including phenoxy) is 1. The van der Waals surface area contributed by atoms with Crippen LogP contribution in [0.4, 0.5) is 4.79 Å². The maximum absolute atomic E-state index is 12.5. The van der Waals surface area contributed by atoms with Crippen molar-refractivity contribution in [1.29, 1.82) is 0 Å². The van der Waals surface area contributed by atoms with Gasteiger partial charge in [-0.2, -0.15) is 0 Å². The lowest BCUT2D eigenvalue weighted by Gasteiger charge is -2.34. The van der Waals surface area contributed by atoms with Crippen molar-refractivity contribution in [2.75, 3.05) is 13.1 Å². The molecule has 1 fully saturated rings. The van der Waals surface area contributed by atoms with Crippen LogP contribution in [0, 0.1) is 11.8 Å². The maximum Gasteiger partial charge on any atom is 0.408 e. The molecule has 166 valence electrons. The van der Waals surface area contributed by atoms with Crippen LogP contribution in [0.25, 0.3) is 0 Å². The Hall–Kier alpha value is -2.32. The number of piperidine rings is 1. The summed E-state index contributed by atoms with van der Waals surface area (Å²) in [6.45, 7) is 11.1. The molecule has 3 atom stereocenters. The fourth-order valence-electron chi connectivity index (χ4n) is 3.12. The molecule has 1 saturated heterocycles. The Balaban J connectivity index is 2.54. The first-order valence-electron chi connectivity index (χ1n) is 10.1. The van der Waals surface area contributed by atoms with E-state index >= 15 is 0 Å². The minimum Gasteiger partial charge on any atom is -0.548 e. The smallest absolute Gasteiger partial charge is 0.408 e. The Bertz CT molecular complexity index is 608. The monoisotopic (exact) mass is 412 g/mol. The van der Waals surface area contributed by atoms with Gasteiger partial charge in [0.25, 0.3) is 0 Å². The van der Waals surface area contributed by atoms with Crippen LogP contribution in [0.15, 0.2) is 0 Å². The van der Waals surface area contributed by atoms with Crippen LogP contribution >= 0.6 is 0 Å². The third-order valence-electron chi connectivity index (χ3n) is 5.05. The number of amides is 3. The van der Waals surface area contributed by atoms with Crippen LogP contribution in [0.5, 0.6) is 0 Å². The molecule has 1 aliphatic heterocycles. The summed E-state index contributed by atoms with van der Waals surface area (Å²) in [7, 11) is 0. The second-order valence-electron chi connectivity index (χ2n) is 8.66. The van der Waals surface area contributed by atoms with E-state index < -0.39 is 29.7 Å². The first-order chi connectivity index (χ1) is 13.4. The number of aliphatic carboxylic acids is 1. The Morgan fingerprint density at radius 3 is 2.10 bits per heavy atom. The topological polar surface area (TPSA) is 128 Å². The number of nitrogens with one attached hydrogen (secondary N) is 2. The molecule has 29 heavy (non-hydrogen) atoms. The van der Waals surface area contributed by atoms with Crippen LogP contribution < -0.4 is 15.7 Å². The lowest BCUT2D eigenvalue weighted by atomic mass is 9.93. The van der Waals surface area contributed by atoms with Gasteiger partial charge in [0.1, 0.15) is 11.6 Å². The van der Waals surface area contributed by atoms with Gasteiger partial charge in [-0.05, 0) is 46.5 Å². The third kappa shape index (κ3) is 7.91. The molecule has 2 N–H and O–H groups in total. The van der Waals surface area contributed by atoms with Crippen molar-refractivity contribution in [2.45, 2.75) is 78.5 Å². The summed E-state index contributed by atoms with van der Waals surface area (Å²) < 4.78 is 5.15. The SMILES string of the molecule is CC[C@@H](C)[C@H](NC(=O)C1CCN(C(=O)[C@H](C)NC(=O)OC(C)(C)C)CC1)C(=O)[O-]. The molecule has 9 nitrogen and oxygen atoms in total. The molecule has 0 aromatic heterocycles. The second-order valence-corrected chi connectivity index (χ2v) is 8.66. The van der Waals surface area contributed by atoms with Crippen LogP contribution in [0.2, 0.25) is 0 Å². The molecule has 1 aliphatic rings. The standard InChI is InChI=1S/C20H35N3O6/c1-7-12(2)15(18(26)27)22-16(24)14-8-10-23(11-9-14)17(25)13(3)21-19(28)29-20(4,5)6/h12-15H,7-11H2,1-6H3,(H,21,28)(H,22,24)(H,26,27)/p-1/t12-,13+,15+/m1/s1. The molecular weight excluding hydrogens is 378 g/mol. The molecule has 1 heterocycles. The Kier molecular flexibility index (Phi) is 8.91. The van der Waals surface area contributed by atoms with E-state index in [1.165, 1.54) is 0 Å². The molecule has 0 aliphatic carbocycles. The van der Waals surface area contributed by atoms with Crippen molar-refractivity contribution < 1.29 is 29.0 Å². The van der Waals surface area contributed by atoms with Crippen LogP contribution in [-0.4, -0.2) is 59.6 Å². The van der Waals surface area contributed by atoms with E-state index in [9.17, 15) is 24.3 Å². The fraction of sp³-hybridized carbons (Fsp3) is 0.800. The van der Waals surface area contributed by atoms with Crippen LogP contribution in [-0.2, 0) is 19.1 Å². The predicted molar refractivity (Wildman–Crippen MR) is 105 cm³/mol. The first kappa shape index (κ1) is 24.7. The second kappa shape index (κ2) is 10.5. The van der Waals surface area contributed by atoms with Crippen molar-refractivity contribution in [3.05, 3.63) is 0 Å². The van der Waals surface area contributed by atoms with Gasteiger partial charge >= 0.3 is 6.09 Å². The summed E-state index contributed by atoms with van der Waals surface area (Å²) in [6.07, 6.45) is 0.800. The molecule has 0 bridgehead atoms. The lowest BCUT2D eigenvalue weighted by molar-refractivity contribution is -0.309. The number of alkyl carbamates (subject to hydrolysis) is 1. The highest BCUT2D eigenvalue weighted by Gasteiger charge is 2.32. The minimum atomic E-state index is -1.29. The number of carboxylic acid groups (broad SMARTS) is 1. The van der Waals surface area contributed by atoms with Gasteiger partial charge in [-0.1, -0.05) is 20.3 Å². The number of carboxylic acids is 1. The van der Waals surface area contributed by atoms with Gasteiger partial charge in [0, 0.05) is 19.0 Å². The van der Waals surface area contributed by atoms with Gasteiger partial charge in [0.15, 0.2) is 0 Å². The highest BCUT2D eigenvalue weighted by molar-refractivity contribution is 5.87. The molecular formula is C20H34N3O6-. The summed E-state index contributed by atoms with van der Waals surface area (Å²) in [5, 5.41) is 16.4. The maximum atomic E-state index is 12.5. The molecule has 0 radical (unpaired) electrons. The quantitative estimate of drug-likeness (QED) is 0.624. The largest absolute Gasteiger partial charge is 0.548 e. The normalized spacial score (nSPS) is 18.3. The average molecular weight is 413 g/mol. The zero-order valence-corrected chi connectivity index (χ0v) is 18.2. The molecule has 0 spiro atoms. The average Bonchev–Trinajstić information content (AvgIpc) is 2.62. The number of likely N-dealkylation sites (tertiary alicyclic amines) is 1. The highest BCUT2D eigenvalue weighted by atomic mass is 16.6. The van der Waals surface area contributed by atoms with Gasteiger partial charge in [-0.3, -0.25) is 9.59 Å². The van der Waals surface area contributed by atoms with Gasteiger partial charge in [0.05, 0.1) is 12.0 Å². The van der Waals surface area contributed by atoms with Crippen molar-refractivity contribution in [3.8, 4) is 0 Å². The molecule has 0 aromatic carbocycles. The summed E-state index contributed by atoms with van der Waals surface area (Å²) in [5.41, 5.74) is -0.656. The van der Waals surface area contributed by atoms with E-state index in [1.807, 2.05) is 6.92 Å². The van der Waals surface area contributed by atoms with E-state index in [-0.39, 0.29) is 23.7 Å². The number of rotatable bonds is 7. The summed E-state index contributed by atoms with van der Waals surface area (Å²) in [5.74, 6) is -2.46. The molecule has 0 unspecified atom stereocenters. The molecule has 0 saturated carbocycles. The van der Waals surface area contributed by atoms with E-state index in [2.05, 4.69) is 10.6 Å². The zero-order chi connectivity index (χ0) is 22.4. The predicted octanol–water partition coefficient (Wildman–Crippen LogP) is 0.419. The van der Waals surface area contributed by atoms with E-state index in [0.29, 0.717) is 32.4 Å². The van der Waals surface area contributed by atoms with Crippen LogP contribution in [0.1, 0.15) is 60.8 Å². The molecule has 1 rings (SSSR count). The van der Waals surface area contributed by atoms with Gasteiger partial charge in [-0.25, -0.2) is 4.79 Å². The molecule has 3 amide bonds. The number of hydrogen-bond acceptors (Lipinski definition) is 6. The minimum absolute atomic E-state index is 0.231. The Morgan fingerprint density at radius 1 is 1.10 bits per heavy atom. The van der Waals surface area contributed by atoms with Crippen molar-refractivity contribution in [2.24, 2.45) is 11.8 Å². The van der Waals surface area contributed by atoms with Gasteiger partial charge in [-0.15, -0.1) is 0 Å². The van der Waals surface area contributed by atoms with E-state index in [4.69, 9.17) is 4.74 Å². The van der Waals surface area contributed by atoms with Gasteiger partial charge in [0.2, 0.25) is 11.8 Å². The van der Waals surface area contributed by atoms with Crippen molar-refractivity contribution >= 4 is 23.9 Å². The van der Waals surface area contributed by atoms with Crippen molar-refractivity contribution in [3.63, 3.8) is 0 Å². The van der Waals surface area contributed by atoms with E-state index in [1.54, 1.807) is 39.5 Å². The van der Waals surface area contributed by atoms with Gasteiger partial charge < -0.3 is 30.2 Å². The number of nitrogens with zero attached hydrogens (tertiary/aromatic N) is 1. The summed E-state index contributed by atoms with van der Waals surface area (Å²) in [6, 6.07) is -1.77. The van der Waals surface area contributed by atoms with Crippen LogP contribution in [0.3, 0.4) is 0 Å². The third-order valence-corrected chi connectivity index (χ3v) is 5.05. The summed E-state index contributed by atoms with van der Waals surface area (Å²) in [4.78, 5) is 49.7. The molecule has 0 aromatic rings. The Labute approximate surface area is 172 Å². The van der Waals surface area contributed by atoms with E-state index in [0.717, 1.165) is 0 Å². The number of carbonyl (C=O) groups excluding carboxylic acids is 4. The first-order valence-corrected chi connectivity index (χ1v) is 10.1. The fourth-order valence-corrected chi connectivity index (χ4v) is 3.12. The highest BCUT2D eigenvalue weighted by Crippen LogP contribution is 2.19. The van der Waals surface area contributed by atoms with Crippen molar-refractivity contribution in [1.82, 2.24) is 15.5 Å². The summed E-state index contributed by atoms with van der Waals surface area (Å²) >= 11 is 0.